The second kappa shape index (κ2) is 3.85. The minimum atomic E-state index is 0.246. The van der Waals surface area contributed by atoms with Crippen molar-refractivity contribution in [3.05, 3.63) is 29.6 Å². The number of rotatable bonds is 2. The van der Waals surface area contributed by atoms with E-state index in [-0.39, 0.29) is 6.61 Å². The van der Waals surface area contributed by atoms with Crippen molar-refractivity contribution in [2.24, 2.45) is 0 Å². The van der Waals surface area contributed by atoms with Crippen LogP contribution < -0.4 is 0 Å². The highest BCUT2D eigenvalue weighted by atomic mass is 16.3. The van der Waals surface area contributed by atoms with Crippen LogP contribution in [0.2, 0.25) is 0 Å². The van der Waals surface area contributed by atoms with Crippen molar-refractivity contribution in [2.75, 3.05) is 19.7 Å². The molecule has 2 rings (SSSR count). The van der Waals surface area contributed by atoms with Crippen molar-refractivity contribution >= 4 is 0 Å². The van der Waals surface area contributed by atoms with E-state index in [1.807, 2.05) is 12.4 Å². The lowest BCUT2D eigenvalue weighted by atomic mass is 10.0. The molecule has 3 heteroatoms. The topological polar surface area (TPSA) is 36.4 Å². The fourth-order valence-electron chi connectivity index (χ4n) is 1.77. The Hall–Kier alpha value is -0.930. The van der Waals surface area contributed by atoms with Crippen molar-refractivity contribution in [3.8, 4) is 0 Å². The first-order valence-corrected chi connectivity index (χ1v) is 4.65. The summed E-state index contributed by atoms with van der Waals surface area (Å²) in [5.41, 5.74) is 2.71. The Kier molecular flexibility index (Phi) is 2.57. The number of β-amino-alcohol motifs (C(OH)–C–C–N with tert-alkyl or cyclic N) is 1. The lowest BCUT2D eigenvalue weighted by molar-refractivity contribution is 0.184. The number of aromatic nitrogens is 1. The van der Waals surface area contributed by atoms with Gasteiger partial charge in [0.1, 0.15) is 0 Å². The molecule has 0 saturated heterocycles. The van der Waals surface area contributed by atoms with Crippen molar-refractivity contribution in [1.29, 1.82) is 0 Å². The molecule has 3 nitrogen and oxygen atoms in total. The van der Waals surface area contributed by atoms with Gasteiger partial charge in [0, 0.05) is 32.0 Å². The fraction of sp³-hybridized carbons (Fsp3) is 0.500. The highest BCUT2D eigenvalue weighted by Crippen LogP contribution is 2.16. The van der Waals surface area contributed by atoms with Gasteiger partial charge in [-0.3, -0.25) is 9.88 Å². The highest BCUT2D eigenvalue weighted by Gasteiger charge is 2.14. The molecule has 1 N–H and O–H groups in total. The zero-order valence-electron chi connectivity index (χ0n) is 7.61. The van der Waals surface area contributed by atoms with Gasteiger partial charge in [0.05, 0.1) is 6.61 Å². The standard InChI is InChI=1S/C10H14N2O/c13-6-5-12-4-2-9-1-3-11-7-10(9)8-12/h1,3,7,13H,2,4-6,8H2. The summed E-state index contributed by atoms with van der Waals surface area (Å²) in [5.74, 6) is 0. The number of hydrogen-bond donors (Lipinski definition) is 1. The Morgan fingerprint density at radius 2 is 2.38 bits per heavy atom. The van der Waals surface area contributed by atoms with Crippen molar-refractivity contribution in [3.63, 3.8) is 0 Å². The molecule has 1 aliphatic rings. The predicted octanol–water partition coefficient (Wildman–Crippen LogP) is 0.432. The van der Waals surface area contributed by atoms with Gasteiger partial charge in [-0.25, -0.2) is 0 Å². The zero-order valence-corrected chi connectivity index (χ0v) is 7.61. The minimum Gasteiger partial charge on any atom is -0.395 e. The van der Waals surface area contributed by atoms with Crippen LogP contribution in [0.3, 0.4) is 0 Å². The van der Waals surface area contributed by atoms with Gasteiger partial charge >= 0.3 is 0 Å². The first-order valence-electron chi connectivity index (χ1n) is 4.65. The van der Waals surface area contributed by atoms with Crippen molar-refractivity contribution in [1.82, 2.24) is 9.88 Å². The SMILES string of the molecule is OCCN1CCc2ccncc2C1. The van der Waals surface area contributed by atoms with Gasteiger partial charge in [-0.1, -0.05) is 0 Å². The Balaban J connectivity index is 2.11. The number of nitrogens with zero attached hydrogens (tertiary/aromatic N) is 2. The quantitative estimate of drug-likeness (QED) is 0.713. The van der Waals surface area contributed by atoms with Gasteiger partial charge in [0.15, 0.2) is 0 Å². The average molecular weight is 178 g/mol. The van der Waals surface area contributed by atoms with Gasteiger partial charge in [-0.05, 0) is 23.6 Å². The maximum atomic E-state index is 8.81. The average Bonchev–Trinajstić information content (AvgIpc) is 2.18. The van der Waals surface area contributed by atoms with Crippen LogP contribution in [0, 0.1) is 0 Å². The van der Waals surface area contributed by atoms with Crippen LogP contribution in [0.1, 0.15) is 11.1 Å². The molecular formula is C10H14N2O. The molecule has 1 aromatic rings. The molecule has 2 heterocycles. The number of pyridine rings is 1. The fourth-order valence-corrected chi connectivity index (χ4v) is 1.77. The first kappa shape index (κ1) is 8.66. The van der Waals surface area contributed by atoms with Crippen LogP contribution in [0.5, 0.6) is 0 Å². The molecule has 0 atom stereocenters. The molecule has 0 amide bonds. The monoisotopic (exact) mass is 178 g/mol. The molecule has 0 spiro atoms. The van der Waals surface area contributed by atoms with E-state index in [9.17, 15) is 0 Å². The third kappa shape index (κ3) is 1.87. The summed E-state index contributed by atoms with van der Waals surface area (Å²) in [7, 11) is 0. The van der Waals surface area contributed by atoms with Gasteiger partial charge in [0.2, 0.25) is 0 Å². The van der Waals surface area contributed by atoms with E-state index in [1.165, 1.54) is 11.1 Å². The van der Waals surface area contributed by atoms with E-state index in [0.717, 1.165) is 26.1 Å². The summed E-state index contributed by atoms with van der Waals surface area (Å²) in [4.78, 5) is 6.36. The molecule has 0 aromatic carbocycles. The lowest BCUT2D eigenvalue weighted by Gasteiger charge is -2.27. The Bertz CT molecular complexity index is 288. The highest BCUT2D eigenvalue weighted by molar-refractivity contribution is 5.25. The molecule has 0 unspecified atom stereocenters. The summed E-state index contributed by atoms with van der Waals surface area (Å²) in [6, 6.07) is 2.09. The number of aliphatic hydroxyl groups is 1. The number of aliphatic hydroxyl groups excluding tert-OH is 1. The molecule has 1 aromatic heterocycles. The van der Waals surface area contributed by atoms with E-state index < -0.39 is 0 Å². The summed E-state index contributed by atoms with van der Waals surface area (Å²) in [6.07, 6.45) is 4.86. The second-order valence-corrected chi connectivity index (χ2v) is 3.39. The molecule has 0 saturated carbocycles. The Morgan fingerprint density at radius 3 is 3.23 bits per heavy atom. The van der Waals surface area contributed by atoms with Crippen molar-refractivity contribution < 1.29 is 5.11 Å². The molecule has 0 fully saturated rings. The maximum absolute atomic E-state index is 8.81. The van der Waals surface area contributed by atoms with E-state index >= 15 is 0 Å². The molecule has 70 valence electrons. The van der Waals surface area contributed by atoms with Crippen molar-refractivity contribution in [2.45, 2.75) is 13.0 Å². The smallest absolute Gasteiger partial charge is 0.0558 e. The van der Waals surface area contributed by atoms with E-state index in [0.29, 0.717) is 0 Å². The van der Waals surface area contributed by atoms with Crippen LogP contribution in [-0.2, 0) is 13.0 Å². The third-order valence-electron chi connectivity index (χ3n) is 2.51. The Morgan fingerprint density at radius 1 is 1.46 bits per heavy atom. The van der Waals surface area contributed by atoms with Gasteiger partial charge in [0.25, 0.3) is 0 Å². The van der Waals surface area contributed by atoms with Crippen LogP contribution in [0.4, 0.5) is 0 Å². The maximum Gasteiger partial charge on any atom is 0.0558 e. The van der Waals surface area contributed by atoms with E-state index in [2.05, 4.69) is 16.0 Å². The lowest BCUT2D eigenvalue weighted by Crippen LogP contribution is -2.32. The van der Waals surface area contributed by atoms with Crippen LogP contribution in [-0.4, -0.2) is 34.7 Å². The third-order valence-corrected chi connectivity index (χ3v) is 2.51. The first-order chi connectivity index (χ1) is 6.40. The van der Waals surface area contributed by atoms with Gasteiger partial charge in [-0.15, -0.1) is 0 Å². The normalized spacial score (nSPS) is 17.0. The summed E-state index contributed by atoms with van der Waals surface area (Å²) < 4.78 is 0. The summed E-state index contributed by atoms with van der Waals surface area (Å²) in [6.45, 7) is 3.01. The molecule has 1 aliphatic heterocycles. The molecule has 0 radical (unpaired) electrons. The predicted molar refractivity (Wildman–Crippen MR) is 50.3 cm³/mol. The van der Waals surface area contributed by atoms with E-state index in [4.69, 9.17) is 5.11 Å². The molecular weight excluding hydrogens is 164 g/mol. The molecule has 13 heavy (non-hydrogen) atoms. The number of hydrogen-bond acceptors (Lipinski definition) is 3. The van der Waals surface area contributed by atoms with E-state index in [1.54, 1.807) is 0 Å². The summed E-state index contributed by atoms with van der Waals surface area (Å²) >= 11 is 0. The van der Waals surface area contributed by atoms with Crippen LogP contribution in [0.15, 0.2) is 18.5 Å². The van der Waals surface area contributed by atoms with Gasteiger partial charge < -0.3 is 5.11 Å². The molecule has 0 aliphatic carbocycles. The Labute approximate surface area is 78.0 Å². The van der Waals surface area contributed by atoms with Gasteiger partial charge in [-0.2, -0.15) is 0 Å². The van der Waals surface area contributed by atoms with Crippen LogP contribution >= 0.6 is 0 Å². The largest absolute Gasteiger partial charge is 0.395 e. The number of fused-ring (bicyclic) bond motifs is 1. The summed E-state index contributed by atoms with van der Waals surface area (Å²) in [5, 5.41) is 8.81. The zero-order chi connectivity index (χ0) is 9.10. The second-order valence-electron chi connectivity index (χ2n) is 3.39. The van der Waals surface area contributed by atoms with Crippen LogP contribution in [0.25, 0.3) is 0 Å². The molecule has 0 bridgehead atoms. The minimum absolute atomic E-state index is 0.246.